The van der Waals surface area contributed by atoms with Crippen molar-refractivity contribution in [1.29, 1.82) is 0 Å². The van der Waals surface area contributed by atoms with Gasteiger partial charge in [0.15, 0.2) is 0 Å². The first-order chi connectivity index (χ1) is 9.68. The predicted molar refractivity (Wildman–Crippen MR) is 76.6 cm³/mol. The van der Waals surface area contributed by atoms with Gasteiger partial charge < -0.3 is 14.8 Å². The normalized spacial score (nSPS) is 18.1. The minimum absolute atomic E-state index is 0.186. The van der Waals surface area contributed by atoms with E-state index >= 15 is 0 Å². The molecular formula is C16H19NO3. The average molecular weight is 273 g/mol. The lowest BCUT2D eigenvalue weighted by atomic mass is 9.85. The number of benzene rings is 1. The highest BCUT2D eigenvalue weighted by Crippen LogP contribution is 2.27. The fourth-order valence-electron chi connectivity index (χ4n) is 2.88. The zero-order valence-electron chi connectivity index (χ0n) is 11.4. The number of amides is 1. The molecule has 0 aliphatic heterocycles. The van der Waals surface area contributed by atoms with E-state index in [2.05, 4.69) is 5.32 Å². The van der Waals surface area contributed by atoms with Crippen LogP contribution in [0.15, 0.2) is 34.9 Å². The molecular weight excluding hydrogens is 254 g/mol. The van der Waals surface area contributed by atoms with Gasteiger partial charge in [0.1, 0.15) is 11.8 Å². The van der Waals surface area contributed by atoms with Crippen LogP contribution in [0.5, 0.6) is 0 Å². The van der Waals surface area contributed by atoms with Gasteiger partial charge >= 0.3 is 0 Å². The molecule has 0 unspecified atom stereocenters. The van der Waals surface area contributed by atoms with Gasteiger partial charge in [0.2, 0.25) is 0 Å². The lowest BCUT2D eigenvalue weighted by molar-refractivity contribution is 0.00526. The Balaban J connectivity index is 1.70. The average Bonchev–Trinajstić information content (AvgIpc) is 2.90. The van der Waals surface area contributed by atoms with Crippen molar-refractivity contribution in [2.75, 3.05) is 6.54 Å². The lowest BCUT2D eigenvalue weighted by Crippen LogP contribution is -2.44. The monoisotopic (exact) mass is 273 g/mol. The summed E-state index contributed by atoms with van der Waals surface area (Å²) in [5.41, 5.74) is 0.488. The molecule has 1 aromatic heterocycles. The molecule has 0 bridgehead atoms. The largest absolute Gasteiger partial charge is 0.463 e. The molecule has 1 heterocycles. The predicted octanol–water partition coefficient (Wildman–Crippen LogP) is 2.86. The van der Waals surface area contributed by atoms with Crippen LogP contribution in [0.3, 0.4) is 0 Å². The molecule has 1 aliphatic carbocycles. The SMILES string of the molecule is O=C(NCC1(O)CCCCC1)c1coc2ccccc12. The molecule has 3 rings (SSSR count). The van der Waals surface area contributed by atoms with Crippen LogP contribution in [0.4, 0.5) is 0 Å². The van der Waals surface area contributed by atoms with Gasteiger partial charge in [-0.25, -0.2) is 0 Å². The molecule has 0 atom stereocenters. The van der Waals surface area contributed by atoms with E-state index in [1.807, 2.05) is 24.3 Å². The molecule has 1 fully saturated rings. The van der Waals surface area contributed by atoms with Crippen molar-refractivity contribution in [1.82, 2.24) is 5.32 Å². The van der Waals surface area contributed by atoms with Gasteiger partial charge in [-0.1, -0.05) is 37.5 Å². The number of carbonyl (C=O) groups is 1. The summed E-state index contributed by atoms with van der Waals surface area (Å²) in [7, 11) is 0. The number of hydrogen-bond acceptors (Lipinski definition) is 3. The van der Waals surface area contributed by atoms with E-state index in [0.717, 1.165) is 31.1 Å². The molecule has 1 aliphatic rings. The minimum Gasteiger partial charge on any atom is -0.463 e. The number of nitrogens with one attached hydrogen (secondary N) is 1. The van der Waals surface area contributed by atoms with Crippen LogP contribution >= 0.6 is 0 Å². The van der Waals surface area contributed by atoms with Crippen molar-refractivity contribution in [3.63, 3.8) is 0 Å². The van der Waals surface area contributed by atoms with Gasteiger partial charge in [-0.3, -0.25) is 4.79 Å². The number of para-hydroxylation sites is 1. The maximum absolute atomic E-state index is 12.2. The third kappa shape index (κ3) is 2.56. The zero-order valence-corrected chi connectivity index (χ0v) is 11.4. The highest BCUT2D eigenvalue weighted by Gasteiger charge is 2.29. The van der Waals surface area contributed by atoms with E-state index in [1.54, 1.807) is 0 Å². The van der Waals surface area contributed by atoms with E-state index in [1.165, 1.54) is 12.7 Å². The zero-order chi connectivity index (χ0) is 14.0. The lowest BCUT2D eigenvalue weighted by Gasteiger charge is -2.32. The van der Waals surface area contributed by atoms with Gasteiger partial charge in [0.05, 0.1) is 11.2 Å². The Bertz CT molecular complexity index is 611. The third-order valence-electron chi connectivity index (χ3n) is 4.09. The van der Waals surface area contributed by atoms with Gasteiger partial charge in [0.25, 0.3) is 5.91 Å². The molecule has 1 amide bonds. The highest BCUT2D eigenvalue weighted by atomic mass is 16.3. The molecule has 20 heavy (non-hydrogen) atoms. The first-order valence-corrected chi connectivity index (χ1v) is 7.15. The molecule has 1 saturated carbocycles. The molecule has 2 aromatic rings. The standard InChI is InChI=1S/C16H19NO3/c18-15(17-11-16(19)8-4-1-5-9-16)13-10-20-14-7-3-2-6-12(13)14/h2-3,6-7,10,19H,1,4-5,8-9,11H2,(H,17,18). The van der Waals surface area contributed by atoms with E-state index in [-0.39, 0.29) is 5.91 Å². The van der Waals surface area contributed by atoms with Crippen LogP contribution in [0.25, 0.3) is 11.0 Å². The molecule has 4 heteroatoms. The molecule has 106 valence electrons. The molecule has 1 aromatic carbocycles. The van der Waals surface area contributed by atoms with Gasteiger partial charge in [-0.2, -0.15) is 0 Å². The first-order valence-electron chi connectivity index (χ1n) is 7.15. The van der Waals surface area contributed by atoms with Crippen molar-refractivity contribution in [3.8, 4) is 0 Å². The summed E-state index contributed by atoms with van der Waals surface area (Å²) in [6.45, 7) is 0.311. The second kappa shape index (κ2) is 5.29. The van der Waals surface area contributed by atoms with E-state index in [0.29, 0.717) is 17.7 Å². The summed E-state index contributed by atoms with van der Waals surface area (Å²) in [5.74, 6) is -0.186. The van der Waals surface area contributed by atoms with Crippen LogP contribution < -0.4 is 5.32 Å². The van der Waals surface area contributed by atoms with Gasteiger partial charge in [-0.05, 0) is 18.9 Å². The smallest absolute Gasteiger partial charge is 0.255 e. The maximum atomic E-state index is 12.2. The number of furan rings is 1. The fraction of sp³-hybridized carbons (Fsp3) is 0.438. The van der Waals surface area contributed by atoms with Crippen LogP contribution in [-0.4, -0.2) is 23.2 Å². The number of carbonyl (C=O) groups excluding carboxylic acids is 1. The van der Waals surface area contributed by atoms with E-state index in [4.69, 9.17) is 4.42 Å². The van der Waals surface area contributed by atoms with Gasteiger partial charge in [-0.15, -0.1) is 0 Å². The van der Waals surface area contributed by atoms with Crippen LogP contribution in [0.1, 0.15) is 42.5 Å². The Labute approximate surface area is 117 Å². The summed E-state index contributed by atoms with van der Waals surface area (Å²) in [4.78, 5) is 12.2. The Morgan fingerprint density at radius 2 is 2.00 bits per heavy atom. The molecule has 0 spiro atoms. The van der Waals surface area contributed by atoms with Crippen LogP contribution in [-0.2, 0) is 0 Å². The summed E-state index contributed by atoms with van der Waals surface area (Å²) >= 11 is 0. The molecule has 4 nitrogen and oxygen atoms in total. The highest BCUT2D eigenvalue weighted by molar-refractivity contribution is 6.05. The van der Waals surface area contributed by atoms with E-state index in [9.17, 15) is 9.90 Å². The van der Waals surface area contributed by atoms with Crippen LogP contribution in [0.2, 0.25) is 0 Å². The number of aliphatic hydroxyl groups is 1. The number of rotatable bonds is 3. The van der Waals surface area contributed by atoms with Gasteiger partial charge in [0, 0.05) is 11.9 Å². The summed E-state index contributed by atoms with van der Waals surface area (Å²) < 4.78 is 5.36. The van der Waals surface area contributed by atoms with Crippen molar-refractivity contribution in [3.05, 3.63) is 36.1 Å². The van der Waals surface area contributed by atoms with Crippen molar-refractivity contribution < 1.29 is 14.3 Å². The van der Waals surface area contributed by atoms with Crippen molar-refractivity contribution >= 4 is 16.9 Å². The van der Waals surface area contributed by atoms with Crippen molar-refractivity contribution in [2.45, 2.75) is 37.7 Å². The third-order valence-corrected chi connectivity index (χ3v) is 4.09. The molecule has 0 saturated heterocycles. The van der Waals surface area contributed by atoms with Crippen LogP contribution in [0, 0.1) is 0 Å². The second-order valence-corrected chi connectivity index (χ2v) is 5.61. The number of hydrogen-bond donors (Lipinski definition) is 2. The Morgan fingerprint density at radius 1 is 1.25 bits per heavy atom. The number of fused-ring (bicyclic) bond motifs is 1. The Morgan fingerprint density at radius 3 is 2.80 bits per heavy atom. The minimum atomic E-state index is -0.743. The summed E-state index contributed by atoms with van der Waals surface area (Å²) in [6.07, 6.45) is 6.23. The Kier molecular flexibility index (Phi) is 3.49. The fourth-order valence-corrected chi connectivity index (χ4v) is 2.88. The van der Waals surface area contributed by atoms with Crippen molar-refractivity contribution in [2.24, 2.45) is 0 Å². The summed E-state index contributed by atoms with van der Waals surface area (Å²) in [5, 5.41) is 14.0. The first kappa shape index (κ1) is 13.2. The second-order valence-electron chi connectivity index (χ2n) is 5.61. The molecule has 0 radical (unpaired) electrons. The van der Waals surface area contributed by atoms with E-state index < -0.39 is 5.60 Å². The summed E-state index contributed by atoms with van der Waals surface area (Å²) in [6, 6.07) is 7.45. The molecule has 2 N–H and O–H groups in total. The topological polar surface area (TPSA) is 62.5 Å². The maximum Gasteiger partial charge on any atom is 0.255 e. The Hall–Kier alpha value is -1.81. The quantitative estimate of drug-likeness (QED) is 0.904.